The van der Waals surface area contributed by atoms with Crippen LogP contribution >= 0.6 is 0 Å². The van der Waals surface area contributed by atoms with E-state index in [0.29, 0.717) is 6.04 Å². The lowest BCUT2D eigenvalue weighted by Crippen LogP contribution is -2.50. The number of hydrogen-bond acceptors (Lipinski definition) is 2. The second kappa shape index (κ2) is 7.28. The second-order valence-electron chi connectivity index (χ2n) is 6.77. The van der Waals surface area contributed by atoms with E-state index >= 15 is 0 Å². The third kappa shape index (κ3) is 3.70. The molecule has 2 rings (SSSR count). The number of carbonyl (C=O) groups excluding carboxylic acids is 1. The summed E-state index contributed by atoms with van der Waals surface area (Å²) in [5.41, 5.74) is 4.53. The summed E-state index contributed by atoms with van der Waals surface area (Å²) in [7, 11) is 0. The van der Waals surface area contributed by atoms with Gasteiger partial charge < -0.3 is 5.32 Å². The predicted octanol–water partition coefficient (Wildman–Crippen LogP) is 4.20. The number of carbonyl (C=O) groups is 1. The third-order valence-corrected chi connectivity index (χ3v) is 4.93. The van der Waals surface area contributed by atoms with Crippen molar-refractivity contribution in [2.45, 2.75) is 72.4 Å². The first-order valence-electron chi connectivity index (χ1n) is 8.58. The van der Waals surface area contributed by atoms with Crippen molar-refractivity contribution in [1.82, 2.24) is 4.90 Å². The third-order valence-electron chi connectivity index (χ3n) is 4.93. The van der Waals surface area contributed by atoms with Gasteiger partial charge in [0.15, 0.2) is 0 Å². The first-order valence-corrected chi connectivity index (χ1v) is 8.58. The van der Waals surface area contributed by atoms with Gasteiger partial charge in [-0.2, -0.15) is 0 Å². The number of rotatable bonds is 4. The van der Waals surface area contributed by atoms with E-state index in [0.717, 1.165) is 42.6 Å². The van der Waals surface area contributed by atoms with Crippen LogP contribution in [0.1, 0.15) is 56.2 Å². The normalized spacial score (nSPS) is 20.7. The zero-order chi connectivity index (χ0) is 16.3. The highest BCUT2D eigenvalue weighted by Gasteiger charge is 2.31. The molecule has 1 aliphatic heterocycles. The highest BCUT2D eigenvalue weighted by molar-refractivity contribution is 5.96. The number of aryl methyl sites for hydroxylation is 3. The topological polar surface area (TPSA) is 32.3 Å². The average molecular weight is 302 g/mol. The molecule has 1 aromatic carbocycles. The van der Waals surface area contributed by atoms with Crippen LogP contribution in [0.25, 0.3) is 0 Å². The van der Waals surface area contributed by atoms with E-state index in [2.05, 4.69) is 57.0 Å². The molecule has 3 nitrogen and oxygen atoms in total. The van der Waals surface area contributed by atoms with Gasteiger partial charge in [-0.25, -0.2) is 0 Å². The minimum Gasteiger partial charge on any atom is -0.324 e. The van der Waals surface area contributed by atoms with E-state index in [-0.39, 0.29) is 11.9 Å². The van der Waals surface area contributed by atoms with Crippen LogP contribution in [0.15, 0.2) is 12.1 Å². The summed E-state index contributed by atoms with van der Waals surface area (Å²) < 4.78 is 0. The first kappa shape index (κ1) is 17.0. The number of nitrogens with one attached hydrogen (secondary N) is 1. The maximum absolute atomic E-state index is 12.8. The number of nitrogens with zero attached hydrogens (tertiary/aromatic N) is 1. The molecule has 1 aliphatic rings. The monoisotopic (exact) mass is 302 g/mol. The maximum atomic E-state index is 12.8. The van der Waals surface area contributed by atoms with Crippen molar-refractivity contribution in [2.24, 2.45) is 0 Å². The van der Waals surface area contributed by atoms with E-state index in [9.17, 15) is 4.79 Å². The lowest BCUT2D eigenvalue weighted by atomic mass is 9.98. The van der Waals surface area contributed by atoms with Gasteiger partial charge in [0, 0.05) is 11.7 Å². The molecule has 1 heterocycles. The first-order chi connectivity index (χ1) is 10.4. The van der Waals surface area contributed by atoms with Gasteiger partial charge in [0.25, 0.3) is 0 Å². The number of likely N-dealkylation sites (tertiary alicyclic amines) is 1. The SMILES string of the molecule is CC[C@H](C)N1CCCC[C@@H]1C(=O)Nc1c(C)cc(C)cc1C. The van der Waals surface area contributed by atoms with Crippen LogP contribution in [0.4, 0.5) is 5.69 Å². The van der Waals surface area contributed by atoms with E-state index in [1.165, 1.54) is 12.0 Å². The summed E-state index contributed by atoms with van der Waals surface area (Å²) in [5.74, 6) is 0.162. The van der Waals surface area contributed by atoms with Crippen molar-refractivity contribution in [1.29, 1.82) is 0 Å². The molecule has 0 unspecified atom stereocenters. The Morgan fingerprint density at radius 3 is 2.50 bits per heavy atom. The number of piperidine rings is 1. The number of hydrogen-bond donors (Lipinski definition) is 1. The van der Waals surface area contributed by atoms with Gasteiger partial charge in [-0.1, -0.05) is 31.0 Å². The fourth-order valence-electron chi connectivity index (χ4n) is 3.58. The largest absolute Gasteiger partial charge is 0.324 e. The molecule has 0 aromatic heterocycles. The Morgan fingerprint density at radius 2 is 1.91 bits per heavy atom. The minimum absolute atomic E-state index is 0.0174. The van der Waals surface area contributed by atoms with Crippen molar-refractivity contribution >= 4 is 11.6 Å². The van der Waals surface area contributed by atoms with Crippen molar-refractivity contribution in [3.63, 3.8) is 0 Å². The van der Waals surface area contributed by atoms with Crippen LogP contribution in [0.5, 0.6) is 0 Å². The number of anilines is 1. The van der Waals surface area contributed by atoms with Crippen LogP contribution in [0, 0.1) is 20.8 Å². The van der Waals surface area contributed by atoms with Crippen LogP contribution in [0.3, 0.4) is 0 Å². The number of amides is 1. The zero-order valence-corrected chi connectivity index (χ0v) is 14.7. The van der Waals surface area contributed by atoms with E-state index in [4.69, 9.17) is 0 Å². The van der Waals surface area contributed by atoms with Gasteiger partial charge in [-0.05, 0) is 64.6 Å². The Morgan fingerprint density at radius 1 is 1.27 bits per heavy atom. The van der Waals surface area contributed by atoms with Crippen LogP contribution in [-0.4, -0.2) is 29.4 Å². The van der Waals surface area contributed by atoms with Gasteiger partial charge in [0.2, 0.25) is 5.91 Å². The molecule has 1 amide bonds. The molecule has 1 aromatic rings. The smallest absolute Gasteiger partial charge is 0.241 e. The molecule has 1 N–H and O–H groups in total. The van der Waals surface area contributed by atoms with Crippen molar-refractivity contribution in [3.05, 3.63) is 28.8 Å². The molecule has 0 aliphatic carbocycles. The summed E-state index contributed by atoms with van der Waals surface area (Å²) in [4.78, 5) is 15.2. The lowest BCUT2D eigenvalue weighted by Gasteiger charge is -2.38. The van der Waals surface area contributed by atoms with Gasteiger partial charge in [-0.3, -0.25) is 9.69 Å². The van der Waals surface area contributed by atoms with E-state index in [1.807, 2.05) is 0 Å². The Hall–Kier alpha value is -1.35. The predicted molar refractivity (Wildman–Crippen MR) is 93.4 cm³/mol. The minimum atomic E-state index is 0.0174. The van der Waals surface area contributed by atoms with E-state index < -0.39 is 0 Å². The van der Waals surface area contributed by atoms with Crippen LogP contribution in [-0.2, 0) is 4.79 Å². The van der Waals surface area contributed by atoms with Crippen LogP contribution < -0.4 is 5.32 Å². The molecule has 3 heteroatoms. The number of benzene rings is 1. The Bertz CT molecular complexity index is 515. The van der Waals surface area contributed by atoms with E-state index in [1.54, 1.807) is 0 Å². The summed E-state index contributed by atoms with van der Waals surface area (Å²) >= 11 is 0. The van der Waals surface area contributed by atoms with Crippen molar-refractivity contribution in [3.8, 4) is 0 Å². The Labute approximate surface area is 135 Å². The standard InChI is InChI=1S/C19H30N2O/c1-6-16(5)21-10-8-7-9-17(21)19(22)20-18-14(3)11-13(2)12-15(18)4/h11-12,16-17H,6-10H2,1-5H3,(H,20,22)/t16-,17+/m0/s1. The summed E-state index contributed by atoms with van der Waals surface area (Å²) in [6, 6.07) is 4.76. The fraction of sp³-hybridized carbons (Fsp3) is 0.632. The molecule has 1 saturated heterocycles. The fourth-order valence-corrected chi connectivity index (χ4v) is 3.58. The molecular weight excluding hydrogens is 272 g/mol. The quantitative estimate of drug-likeness (QED) is 0.904. The molecule has 122 valence electrons. The zero-order valence-electron chi connectivity index (χ0n) is 14.7. The summed E-state index contributed by atoms with van der Waals surface area (Å²) in [5, 5.41) is 3.20. The van der Waals surface area contributed by atoms with Gasteiger partial charge in [0.05, 0.1) is 6.04 Å². The van der Waals surface area contributed by atoms with Gasteiger partial charge >= 0.3 is 0 Å². The Kier molecular flexibility index (Phi) is 5.63. The molecule has 0 radical (unpaired) electrons. The molecule has 2 atom stereocenters. The molecule has 0 bridgehead atoms. The van der Waals surface area contributed by atoms with Gasteiger partial charge in [-0.15, -0.1) is 0 Å². The molecule has 0 spiro atoms. The molecule has 0 saturated carbocycles. The van der Waals surface area contributed by atoms with Gasteiger partial charge in [0.1, 0.15) is 0 Å². The summed E-state index contributed by atoms with van der Waals surface area (Å²) in [6.07, 6.45) is 4.42. The highest BCUT2D eigenvalue weighted by atomic mass is 16.2. The summed E-state index contributed by atoms with van der Waals surface area (Å²) in [6.45, 7) is 11.7. The second-order valence-corrected chi connectivity index (χ2v) is 6.77. The van der Waals surface area contributed by atoms with Crippen molar-refractivity contribution in [2.75, 3.05) is 11.9 Å². The highest BCUT2D eigenvalue weighted by Crippen LogP contribution is 2.25. The van der Waals surface area contributed by atoms with Crippen molar-refractivity contribution < 1.29 is 4.79 Å². The molecule has 22 heavy (non-hydrogen) atoms. The average Bonchev–Trinajstić information content (AvgIpc) is 2.49. The maximum Gasteiger partial charge on any atom is 0.241 e. The lowest BCUT2D eigenvalue weighted by molar-refractivity contribution is -0.123. The molecule has 1 fully saturated rings. The molecular formula is C19H30N2O. The van der Waals surface area contributed by atoms with Crippen LogP contribution in [0.2, 0.25) is 0 Å². The Balaban J connectivity index is 2.17.